The van der Waals surface area contributed by atoms with Crippen molar-refractivity contribution in [1.82, 2.24) is 0 Å². The van der Waals surface area contributed by atoms with Crippen LogP contribution in [0.5, 0.6) is 0 Å². The second-order valence-corrected chi connectivity index (χ2v) is 4.53. The standard InChI is InChI=1S/C14H19NO/c1-11-4-3-9-15(10-11)14-7-5-13(6-8-14)12(2)16/h4-8,12,16H,3,9-10H2,1-2H3/t12-/m0/s1. The molecule has 0 saturated carbocycles. The number of anilines is 1. The highest BCUT2D eigenvalue weighted by Gasteiger charge is 2.10. The summed E-state index contributed by atoms with van der Waals surface area (Å²) in [6, 6.07) is 8.21. The van der Waals surface area contributed by atoms with Crippen LogP contribution >= 0.6 is 0 Å². The minimum atomic E-state index is -0.378. The highest BCUT2D eigenvalue weighted by atomic mass is 16.3. The van der Waals surface area contributed by atoms with Crippen LogP contribution in [0, 0.1) is 0 Å². The van der Waals surface area contributed by atoms with E-state index < -0.39 is 0 Å². The molecule has 2 nitrogen and oxygen atoms in total. The Hall–Kier alpha value is -1.28. The van der Waals surface area contributed by atoms with Crippen molar-refractivity contribution in [3.05, 3.63) is 41.5 Å². The third-order valence-electron chi connectivity index (χ3n) is 3.07. The zero-order valence-corrected chi connectivity index (χ0v) is 9.98. The lowest BCUT2D eigenvalue weighted by atomic mass is 10.1. The van der Waals surface area contributed by atoms with E-state index >= 15 is 0 Å². The van der Waals surface area contributed by atoms with Crippen LogP contribution in [-0.2, 0) is 0 Å². The van der Waals surface area contributed by atoms with Gasteiger partial charge in [-0.15, -0.1) is 0 Å². The average molecular weight is 217 g/mol. The van der Waals surface area contributed by atoms with Gasteiger partial charge >= 0.3 is 0 Å². The maximum Gasteiger partial charge on any atom is 0.0761 e. The number of nitrogens with zero attached hydrogens (tertiary/aromatic N) is 1. The van der Waals surface area contributed by atoms with Crippen molar-refractivity contribution < 1.29 is 5.11 Å². The first-order chi connectivity index (χ1) is 7.66. The Kier molecular flexibility index (Phi) is 3.30. The maximum absolute atomic E-state index is 9.44. The van der Waals surface area contributed by atoms with Gasteiger partial charge in [-0.1, -0.05) is 23.8 Å². The number of rotatable bonds is 2. The van der Waals surface area contributed by atoms with Gasteiger partial charge in [0.1, 0.15) is 0 Å². The minimum absolute atomic E-state index is 0.378. The molecular weight excluding hydrogens is 198 g/mol. The molecule has 0 bridgehead atoms. The summed E-state index contributed by atoms with van der Waals surface area (Å²) in [6.07, 6.45) is 3.06. The van der Waals surface area contributed by atoms with Gasteiger partial charge in [-0.25, -0.2) is 0 Å². The molecule has 0 saturated heterocycles. The van der Waals surface area contributed by atoms with E-state index in [1.165, 1.54) is 11.3 Å². The van der Waals surface area contributed by atoms with Gasteiger partial charge in [-0.3, -0.25) is 0 Å². The zero-order chi connectivity index (χ0) is 11.5. The SMILES string of the molecule is CC1=CCCN(c2ccc([C@H](C)O)cc2)C1. The second kappa shape index (κ2) is 4.71. The molecule has 1 aliphatic rings. The van der Waals surface area contributed by atoms with Crippen molar-refractivity contribution in [1.29, 1.82) is 0 Å². The average Bonchev–Trinajstić information content (AvgIpc) is 2.29. The summed E-state index contributed by atoms with van der Waals surface area (Å²) in [5, 5.41) is 9.44. The summed E-state index contributed by atoms with van der Waals surface area (Å²) >= 11 is 0. The summed E-state index contributed by atoms with van der Waals surface area (Å²) in [5.74, 6) is 0. The Labute approximate surface area is 97.2 Å². The third kappa shape index (κ3) is 2.45. The Balaban J connectivity index is 2.13. The van der Waals surface area contributed by atoms with Crippen LogP contribution in [0.3, 0.4) is 0 Å². The molecule has 2 heteroatoms. The number of hydrogen-bond donors (Lipinski definition) is 1. The number of benzene rings is 1. The molecule has 0 fully saturated rings. The Morgan fingerprint density at radius 3 is 2.50 bits per heavy atom. The monoisotopic (exact) mass is 217 g/mol. The molecule has 0 amide bonds. The van der Waals surface area contributed by atoms with Gasteiger partial charge in [0, 0.05) is 18.8 Å². The van der Waals surface area contributed by atoms with E-state index in [4.69, 9.17) is 0 Å². The highest BCUT2D eigenvalue weighted by Crippen LogP contribution is 2.22. The maximum atomic E-state index is 9.44. The number of aliphatic hydroxyl groups is 1. The molecule has 1 aromatic rings. The summed E-state index contributed by atoms with van der Waals surface area (Å²) in [6.45, 7) is 6.08. The predicted octanol–water partition coefficient (Wildman–Crippen LogP) is 2.90. The molecule has 0 aromatic heterocycles. The fourth-order valence-electron chi connectivity index (χ4n) is 2.10. The van der Waals surface area contributed by atoms with Crippen molar-refractivity contribution in [2.24, 2.45) is 0 Å². The molecule has 16 heavy (non-hydrogen) atoms. The van der Waals surface area contributed by atoms with Crippen molar-refractivity contribution in [2.45, 2.75) is 26.4 Å². The fourth-order valence-corrected chi connectivity index (χ4v) is 2.10. The van der Waals surface area contributed by atoms with Crippen molar-refractivity contribution in [2.75, 3.05) is 18.0 Å². The smallest absolute Gasteiger partial charge is 0.0761 e. The first-order valence-electron chi connectivity index (χ1n) is 5.85. The largest absolute Gasteiger partial charge is 0.389 e. The van der Waals surface area contributed by atoms with E-state index in [1.54, 1.807) is 6.92 Å². The van der Waals surface area contributed by atoms with E-state index in [2.05, 4.69) is 30.0 Å². The Bertz CT molecular complexity index is 378. The van der Waals surface area contributed by atoms with Gasteiger partial charge in [-0.2, -0.15) is 0 Å². The number of aliphatic hydroxyl groups excluding tert-OH is 1. The Morgan fingerprint density at radius 2 is 1.94 bits per heavy atom. The van der Waals surface area contributed by atoms with Gasteiger partial charge < -0.3 is 10.0 Å². The summed E-state index contributed by atoms with van der Waals surface area (Å²) in [5.41, 5.74) is 3.66. The quantitative estimate of drug-likeness (QED) is 0.770. The summed E-state index contributed by atoms with van der Waals surface area (Å²) in [4.78, 5) is 2.38. The third-order valence-corrected chi connectivity index (χ3v) is 3.07. The van der Waals surface area contributed by atoms with E-state index in [0.717, 1.165) is 25.1 Å². The highest BCUT2D eigenvalue weighted by molar-refractivity contribution is 5.49. The normalized spacial score (nSPS) is 18.2. The van der Waals surface area contributed by atoms with Crippen LogP contribution in [0.25, 0.3) is 0 Å². The van der Waals surface area contributed by atoms with Gasteiger partial charge in [0.2, 0.25) is 0 Å². The second-order valence-electron chi connectivity index (χ2n) is 4.53. The van der Waals surface area contributed by atoms with Crippen LogP contribution in [0.1, 0.15) is 31.9 Å². The first kappa shape index (κ1) is 11.2. The lowest BCUT2D eigenvalue weighted by Crippen LogP contribution is -2.28. The van der Waals surface area contributed by atoms with E-state index in [1.807, 2.05) is 12.1 Å². The predicted molar refractivity (Wildman–Crippen MR) is 67.7 cm³/mol. The molecule has 1 N–H and O–H groups in total. The topological polar surface area (TPSA) is 23.5 Å². The molecule has 86 valence electrons. The molecule has 0 aliphatic carbocycles. The molecule has 0 unspecified atom stereocenters. The lowest BCUT2D eigenvalue weighted by molar-refractivity contribution is 0.199. The Morgan fingerprint density at radius 1 is 1.25 bits per heavy atom. The first-order valence-corrected chi connectivity index (χ1v) is 5.85. The lowest BCUT2D eigenvalue weighted by Gasteiger charge is -2.28. The van der Waals surface area contributed by atoms with Crippen LogP contribution in [0.4, 0.5) is 5.69 Å². The molecule has 0 spiro atoms. The van der Waals surface area contributed by atoms with E-state index in [-0.39, 0.29) is 6.10 Å². The molecule has 1 atom stereocenters. The minimum Gasteiger partial charge on any atom is -0.389 e. The van der Waals surface area contributed by atoms with E-state index in [0.29, 0.717) is 0 Å². The molecule has 2 rings (SSSR count). The van der Waals surface area contributed by atoms with Crippen molar-refractivity contribution >= 4 is 5.69 Å². The number of hydrogen-bond acceptors (Lipinski definition) is 2. The summed E-state index contributed by atoms with van der Waals surface area (Å²) in [7, 11) is 0. The van der Waals surface area contributed by atoms with Crippen LogP contribution in [-0.4, -0.2) is 18.2 Å². The molecule has 1 aromatic carbocycles. The van der Waals surface area contributed by atoms with Crippen molar-refractivity contribution in [3.63, 3.8) is 0 Å². The molecule has 1 heterocycles. The van der Waals surface area contributed by atoms with Gasteiger partial charge in [-0.05, 0) is 38.0 Å². The van der Waals surface area contributed by atoms with Crippen molar-refractivity contribution in [3.8, 4) is 0 Å². The van der Waals surface area contributed by atoms with Gasteiger partial charge in [0.05, 0.1) is 6.10 Å². The molecule has 0 radical (unpaired) electrons. The summed E-state index contributed by atoms with van der Waals surface area (Å²) < 4.78 is 0. The van der Waals surface area contributed by atoms with Gasteiger partial charge in [0.25, 0.3) is 0 Å². The van der Waals surface area contributed by atoms with Crippen LogP contribution in [0.15, 0.2) is 35.9 Å². The van der Waals surface area contributed by atoms with E-state index in [9.17, 15) is 5.11 Å². The molecular formula is C14H19NO. The zero-order valence-electron chi connectivity index (χ0n) is 9.98. The molecule has 1 aliphatic heterocycles. The fraction of sp³-hybridized carbons (Fsp3) is 0.429. The van der Waals surface area contributed by atoms with Crippen LogP contribution < -0.4 is 4.90 Å². The van der Waals surface area contributed by atoms with Gasteiger partial charge in [0.15, 0.2) is 0 Å². The van der Waals surface area contributed by atoms with Crippen LogP contribution in [0.2, 0.25) is 0 Å².